The summed E-state index contributed by atoms with van der Waals surface area (Å²) in [6, 6.07) is 7.32. The highest BCUT2D eigenvalue weighted by atomic mass is 32.2. The van der Waals surface area contributed by atoms with E-state index < -0.39 is 15.9 Å². The predicted molar refractivity (Wildman–Crippen MR) is 126 cm³/mol. The van der Waals surface area contributed by atoms with Crippen LogP contribution < -0.4 is 10.2 Å². The summed E-state index contributed by atoms with van der Waals surface area (Å²) < 4.78 is 29.2. The number of rotatable bonds is 11. The molecule has 2 unspecified atom stereocenters. The second-order valence-corrected chi connectivity index (χ2v) is 10.5. The minimum absolute atomic E-state index is 0.0243. The largest absolute Gasteiger partial charge is 0.367 e. The molecule has 2 rings (SSSR count). The van der Waals surface area contributed by atoms with Crippen LogP contribution in [0.1, 0.15) is 34.6 Å². The van der Waals surface area contributed by atoms with Gasteiger partial charge in [-0.15, -0.1) is 20.4 Å². The number of hydrogen-bond donors (Lipinski definition) is 1. The van der Waals surface area contributed by atoms with Crippen molar-refractivity contribution >= 4 is 49.3 Å². The zero-order valence-corrected chi connectivity index (χ0v) is 20.8. The maximum atomic E-state index is 11.9. The van der Waals surface area contributed by atoms with Crippen LogP contribution in [0.5, 0.6) is 0 Å². The minimum Gasteiger partial charge on any atom is -0.367 e. The van der Waals surface area contributed by atoms with E-state index in [4.69, 9.17) is 10.00 Å². The van der Waals surface area contributed by atoms with E-state index in [2.05, 4.69) is 30.6 Å². The van der Waals surface area contributed by atoms with Crippen molar-refractivity contribution in [1.82, 2.24) is 10.2 Å². The first kappa shape index (κ1) is 26.3. The maximum absolute atomic E-state index is 11.9. The van der Waals surface area contributed by atoms with E-state index in [1.54, 1.807) is 19.1 Å². The molecule has 0 saturated carbocycles. The molecule has 13 heteroatoms. The molecule has 0 fully saturated rings. The molecular formula is C20H27N7O4S2. The molecule has 0 aliphatic heterocycles. The van der Waals surface area contributed by atoms with Gasteiger partial charge in [-0.05, 0) is 39.0 Å². The molecule has 0 bridgehead atoms. The molecule has 1 aromatic carbocycles. The van der Waals surface area contributed by atoms with Crippen LogP contribution in [0.2, 0.25) is 0 Å². The highest BCUT2D eigenvalue weighted by molar-refractivity contribution is 7.93. The van der Waals surface area contributed by atoms with Crippen molar-refractivity contribution in [2.24, 2.45) is 10.2 Å². The second-order valence-electron chi connectivity index (χ2n) is 7.08. The van der Waals surface area contributed by atoms with Crippen LogP contribution >= 0.6 is 11.3 Å². The summed E-state index contributed by atoms with van der Waals surface area (Å²) in [5.74, 6) is -0.363. The highest BCUT2D eigenvalue weighted by Crippen LogP contribution is 2.33. The van der Waals surface area contributed by atoms with E-state index in [-0.39, 0.29) is 27.2 Å². The van der Waals surface area contributed by atoms with Gasteiger partial charge in [-0.1, -0.05) is 18.3 Å². The molecule has 1 N–H and O–H groups in total. The van der Waals surface area contributed by atoms with Crippen LogP contribution in [0, 0.1) is 11.3 Å². The average molecular weight is 494 g/mol. The van der Waals surface area contributed by atoms with Gasteiger partial charge in [0.25, 0.3) is 5.13 Å². The number of carbonyl (C=O) groups excluding carboxylic acids is 1. The van der Waals surface area contributed by atoms with Crippen LogP contribution in [0.25, 0.3) is 0 Å². The Labute approximate surface area is 197 Å². The number of nitrogens with one attached hydrogen (secondary N) is 1. The van der Waals surface area contributed by atoms with Crippen molar-refractivity contribution in [3.8, 4) is 6.07 Å². The number of ether oxygens (including phenoxy) is 1. The third kappa shape index (κ3) is 7.28. The number of benzene rings is 1. The zero-order chi connectivity index (χ0) is 24.6. The fourth-order valence-electron chi connectivity index (χ4n) is 2.83. The number of carbonyl (C=O) groups is 1. The van der Waals surface area contributed by atoms with Crippen molar-refractivity contribution in [3.63, 3.8) is 0 Å². The molecule has 2 atom stereocenters. The topological polar surface area (TPSA) is 150 Å². The Morgan fingerprint density at radius 2 is 2.03 bits per heavy atom. The summed E-state index contributed by atoms with van der Waals surface area (Å²) >= 11 is 0.826. The molecule has 33 heavy (non-hydrogen) atoms. The van der Waals surface area contributed by atoms with Crippen LogP contribution in [-0.2, 0) is 19.4 Å². The molecule has 1 amide bonds. The molecule has 0 aliphatic carbocycles. The molecule has 1 heterocycles. The highest BCUT2D eigenvalue weighted by Gasteiger charge is 2.19. The fourth-order valence-corrected chi connectivity index (χ4v) is 4.73. The first-order chi connectivity index (χ1) is 15.6. The summed E-state index contributed by atoms with van der Waals surface area (Å²) in [4.78, 5) is 13.8. The molecule has 2 aromatic rings. The minimum atomic E-state index is -3.47. The maximum Gasteiger partial charge on any atom is 0.252 e. The van der Waals surface area contributed by atoms with Crippen molar-refractivity contribution in [2.75, 3.05) is 29.1 Å². The smallest absolute Gasteiger partial charge is 0.252 e. The van der Waals surface area contributed by atoms with Crippen LogP contribution in [0.15, 0.2) is 32.8 Å². The molecule has 0 saturated heterocycles. The quantitative estimate of drug-likeness (QED) is 0.464. The second kappa shape index (κ2) is 11.8. The SMILES string of the molecule is CCN(c1ccc(/N=N/c2nnc(S(=O)(=O)CC)s2)c(NC(C)=O)c1)C(C)COC(C)C#N. The van der Waals surface area contributed by atoms with Crippen LogP contribution in [0.4, 0.5) is 22.2 Å². The van der Waals surface area contributed by atoms with Gasteiger partial charge >= 0.3 is 0 Å². The van der Waals surface area contributed by atoms with Gasteiger partial charge in [0.15, 0.2) is 0 Å². The van der Waals surface area contributed by atoms with Crippen LogP contribution in [-0.4, -0.2) is 55.6 Å². The van der Waals surface area contributed by atoms with Crippen molar-refractivity contribution < 1.29 is 17.9 Å². The number of aromatic nitrogens is 2. The Kier molecular flexibility index (Phi) is 9.39. The van der Waals surface area contributed by atoms with Gasteiger partial charge in [0, 0.05) is 25.2 Å². The Morgan fingerprint density at radius 1 is 1.30 bits per heavy atom. The number of amides is 1. The molecule has 1 aromatic heterocycles. The lowest BCUT2D eigenvalue weighted by Gasteiger charge is -2.31. The summed E-state index contributed by atoms with van der Waals surface area (Å²) in [6.07, 6.45) is -0.503. The monoisotopic (exact) mass is 493 g/mol. The lowest BCUT2D eigenvalue weighted by molar-refractivity contribution is -0.114. The molecular weight excluding hydrogens is 466 g/mol. The standard InChI is InChI=1S/C20H27N7O4S2/c1-6-27(13(3)12-31-14(4)11-21)16-8-9-17(18(10-16)22-15(5)28)23-24-19-25-26-20(32-19)33(29,30)7-2/h8-10,13-14H,6-7,12H2,1-5H3,(H,22,28)/b24-23+. The molecule has 0 spiro atoms. The first-order valence-corrected chi connectivity index (χ1v) is 12.8. The van der Waals surface area contributed by atoms with Crippen LogP contribution in [0.3, 0.4) is 0 Å². The number of anilines is 2. The van der Waals surface area contributed by atoms with Gasteiger partial charge in [-0.2, -0.15) is 5.26 Å². The van der Waals surface area contributed by atoms with Crippen molar-refractivity contribution in [3.05, 3.63) is 18.2 Å². The number of azo groups is 1. The van der Waals surface area contributed by atoms with E-state index in [1.165, 1.54) is 13.8 Å². The number of hydrogen-bond acceptors (Lipinski definition) is 11. The number of likely N-dealkylation sites (N-methyl/N-ethyl adjacent to an activating group) is 1. The first-order valence-electron chi connectivity index (χ1n) is 10.3. The normalized spacial score (nSPS) is 13.5. The predicted octanol–water partition coefficient (Wildman–Crippen LogP) is 3.85. The molecule has 178 valence electrons. The summed E-state index contributed by atoms with van der Waals surface area (Å²) in [7, 11) is -3.47. The van der Waals surface area contributed by atoms with Gasteiger partial charge in [0.2, 0.25) is 20.1 Å². The molecule has 0 radical (unpaired) electrons. The summed E-state index contributed by atoms with van der Waals surface area (Å²) in [5.41, 5.74) is 1.64. The van der Waals surface area contributed by atoms with Gasteiger partial charge in [0.1, 0.15) is 11.8 Å². The third-order valence-electron chi connectivity index (χ3n) is 4.55. The van der Waals surface area contributed by atoms with E-state index in [1.807, 2.05) is 26.0 Å². The lowest BCUT2D eigenvalue weighted by atomic mass is 10.2. The molecule has 11 nitrogen and oxygen atoms in total. The lowest BCUT2D eigenvalue weighted by Crippen LogP contribution is -2.37. The average Bonchev–Trinajstić information content (AvgIpc) is 3.27. The van der Waals surface area contributed by atoms with E-state index in [0.717, 1.165) is 17.0 Å². The Bertz CT molecular complexity index is 1140. The number of sulfone groups is 1. The summed E-state index contributed by atoms with van der Waals surface area (Å²) in [5, 5.41) is 27.3. The van der Waals surface area contributed by atoms with Crippen molar-refractivity contribution in [2.45, 2.75) is 51.1 Å². The Morgan fingerprint density at radius 3 is 2.64 bits per heavy atom. The van der Waals surface area contributed by atoms with Gasteiger partial charge in [-0.25, -0.2) is 8.42 Å². The Balaban J connectivity index is 2.30. The zero-order valence-electron chi connectivity index (χ0n) is 19.1. The van der Waals surface area contributed by atoms with E-state index in [0.29, 0.717) is 24.5 Å². The number of nitriles is 1. The fraction of sp³-hybridized carbons (Fsp3) is 0.500. The Hall–Kier alpha value is -2.95. The van der Waals surface area contributed by atoms with Gasteiger partial charge in [-0.3, -0.25) is 4.79 Å². The third-order valence-corrected chi connectivity index (χ3v) is 7.54. The molecule has 0 aliphatic rings. The van der Waals surface area contributed by atoms with Gasteiger partial charge < -0.3 is 15.0 Å². The van der Waals surface area contributed by atoms with E-state index in [9.17, 15) is 13.2 Å². The summed E-state index contributed by atoms with van der Waals surface area (Å²) in [6.45, 7) is 9.61. The van der Waals surface area contributed by atoms with Crippen molar-refractivity contribution in [1.29, 1.82) is 5.26 Å². The number of nitrogens with zero attached hydrogens (tertiary/aromatic N) is 6. The van der Waals surface area contributed by atoms with E-state index >= 15 is 0 Å². The van der Waals surface area contributed by atoms with Gasteiger partial charge in [0.05, 0.1) is 24.1 Å².